The van der Waals surface area contributed by atoms with Crippen LogP contribution in [0, 0.1) is 36.1 Å². The van der Waals surface area contributed by atoms with E-state index in [4.69, 9.17) is 0 Å². The molecule has 3 rings (SSSR count). The van der Waals surface area contributed by atoms with E-state index in [1.807, 2.05) is 0 Å². The first-order valence-electron chi connectivity index (χ1n) is 9.36. The van der Waals surface area contributed by atoms with Crippen LogP contribution in [-0.4, -0.2) is 0 Å². The van der Waals surface area contributed by atoms with Crippen molar-refractivity contribution in [2.45, 2.75) is 58.3 Å². The second kappa shape index (κ2) is 7.81. The van der Waals surface area contributed by atoms with Gasteiger partial charge in [-0.1, -0.05) is 31.9 Å². The molecule has 4 heteroatoms. The molecule has 2 aromatic carbocycles. The molecule has 0 atom stereocenters. The third kappa shape index (κ3) is 3.65. The lowest BCUT2D eigenvalue weighted by Gasteiger charge is -2.28. The third-order valence-electron chi connectivity index (χ3n) is 5.62. The summed E-state index contributed by atoms with van der Waals surface area (Å²) in [5.41, 5.74) is -0.148. The molecule has 0 aliphatic heterocycles. The zero-order chi connectivity index (χ0) is 18.8. The van der Waals surface area contributed by atoms with Crippen molar-refractivity contribution in [2.24, 2.45) is 5.92 Å². The van der Waals surface area contributed by atoms with Gasteiger partial charge in [0, 0.05) is 5.56 Å². The monoisotopic (exact) mass is 364 g/mol. The minimum atomic E-state index is -1.34. The summed E-state index contributed by atoms with van der Waals surface area (Å²) in [6.07, 6.45) is 6.69. The summed E-state index contributed by atoms with van der Waals surface area (Å²) in [6.45, 7) is 3.46. The molecule has 0 unspecified atom stereocenters. The Kier molecular flexibility index (Phi) is 5.69. The van der Waals surface area contributed by atoms with Gasteiger partial charge in [0.2, 0.25) is 0 Å². The standard InChI is InChI=1S/C22H24F4/c1-3-4-14-5-7-15(8-6-14)16-9-10-17(18(23)12-16)20-19(24)11-13(2)21(25)22(20)26/h9-12,14-15H,3-8H2,1-2H3. The minimum Gasteiger partial charge on any atom is -0.206 e. The van der Waals surface area contributed by atoms with Crippen molar-refractivity contribution in [2.75, 3.05) is 0 Å². The maximum atomic E-state index is 14.6. The van der Waals surface area contributed by atoms with Crippen molar-refractivity contribution in [1.29, 1.82) is 0 Å². The summed E-state index contributed by atoms with van der Waals surface area (Å²) in [4.78, 5) is 0. The van der Waals surface area contributed by atoms with Crippen LogP contribution in [0.25, 0.3) is 11.1 Å². The molecule has 0 radical (unpaired) electrons. The van der Waals surface area contributed by atoms with Gasteiger partial charge in [0.1, 0.15) is 11.6 Å². The second-order valence-corrected chi connectivity index (χ2v) is 7.42. The molecule has 0 heterocycles. The van der Waals surface area contributed by atoms with E-state index in [1.165, 1.54) is 31.9 Å². The van der Waals surface area contributed by atoms with Crippen LogP contribution >= 0.6 is 0 Å². The fourth-order valence-corrected chi connectivity index (χ4v) is 4.14. The highest BCUT2D eigenvalue weighted by atomic mass is 19.2. The lowest BCUT2D eigenvalue weighted by atomic mass is 9.77. The molecule has 0 amide bonds. The predicted octanol–water partition coefficient (Wildman–Crippen LogP) is 7.29. The molecule has 2 aromatic rings. The average Bonchev–Trinajstić information content (AvgIpc) is 2.62. The zero-order valence-corrected chi connectivity index (χ0v) is 15.2. The first-order valence-corrected chi connectivity index (χ1v) is 9.36. The lowest BCUT2D eigenvalue weighted by molar-refractivity contribution is 0.308. The van der Waals surface area contributed by atoms with Gasteiger partial charge in [-0.2, -0.15) is 0 Å². The van der Waals surface area contributed by atoms with Crippen molar-refractivity contribution >= 4 is 0 Å². The SMILES string of the molecule is CCCC1CCC(c2ccc(-c3c(F)cc(C)c(F)c3F)c(F)c2)CC1. The van der Waals surface area contributed by atoms with Crippen LogP contribution in [0.4, 0.5) is 17.6 Å². The zero-order valence-electron chi connectivity index (χ0n) is 15.2. The van der Waals surface area contributed by atoms with Crippen molar-refractivity contribution < 1.29 is 17.6 Å². The Bertz CT molecular complexity index is 789. The van der Waals surface area contributed by atoms with Crippen LogP contribution in [0.15, 0.2) is 24.3 Å². The van der Waals surface area contributed by atoms with Crippen molar-refractivity contribution in [3.05, 3.63) is 58.7 Å². The van der Waals surface area contributed by atoms with Crippen LogP contribution in [0.2, 0.25) is 0 Å². The average molecular weight is 364 g/mol. The van der Waals surface area contributed by atoms with Crippen molar-refractivity contribution in [3.63, 3.8) is 0 Å². The Hall–Kier alpha value is -1.84. The van der Waals surface area contributed by atoms with Crippen LogP contribution < -0.4 is 0 Å². The molecule has 0 spiro atoms. The van der Waals surface area contributed by atoms with Crippen LogP contribution in [0.3, 0.4) is 0 Å². The minimum absolute atomic E-state index is 0.135. The first kappa shape index (κ1) is 18.9. The van der Waals surface area contributed by atoms with Gasteiger partial charge in [-0.15, -0.1) is 0 Å². The van der Waals surface area contributed by atoms with Gasteiger partial charge in [0.15, 0.2) is 11.6 Å². The molecule has 26 heavy (non-hydrogen) atoms. The molecule has 1 fully saturated rings. The van der Waals surface area contributed by atoms with E-state index in [1.54, 1.807) is 6.07 Å². The van der Waals surface area contributed by atoms with E-state index in [2.05, 4.69) is 6.92 Å². The highest BCUT2D eigenvalue weighted by molar-refractivity contribution is 5.66. The Balaban J connectivity index is 1.87. The molecule has 1 aliphatic rings. The Morgan fingerprint density at radius 2 is 1.58 bits per heavy atom. The molecular weight excluding hydrogens is 340 g/mol. The number of hydrogen-bond acceptors (Lipinski definition) is 0. The van der Waals surface area contributed by atoms with E-state index in [9.17, 15) is 17.6 Å². The number of benzene rings is 2. The first-order chi connectivity index (χ1) is 12.4. The van der Waals surface area contributed by atoms with Crippen LogP contribution in [0.1, 0.15) is 62.5 Å². The normalized spacial score (nSPS) is 20.4. The van der Waals surface area contributed by atoms with Gasteiger partial charge in [-0.3, -0.25) is 0 Å². The molecule has 1 aliphatic carbocycles. The summed E-state index contributed by atoms with van der Waals surface area (Å²) in [5, 5.41) is 0. The fraction of sp³-hybridized carbons (Fsp3) is 0.455. The Labute approximate surface area is 152 Å². The summed E-state index contributed by atoms with van der Waals surface area (Å²) in [7, 11) is 0. The highest BCUT2D eigenvalue weighted by Crippen LogP contribution is 2.39. The quantitative estimate of drug-likeness (QED) is 0.395. The largest absolute Gasteiger partial charge is 0.206 e. The molecule has 140 valence electrons. The maximum absolute atomic E-state index is 14.6. The second-order valence-electron chi connectivity index (χ2n) is 7.42. The van der Waals surface area contributed by atoms with Gasteiger partial charge in [0.25, 0.3) is 0 Å². The fourth-order valence-electron chi connectivity index (χ4n) is 4.14. The lowest BCUT2D eigenvalue weighted by Crippen LogP contribution is -2.13. The van der Waals surface area contributed by atoms with E-state index in [0.717, 1.165) is 43.2 Å². The van der Waals surface area contributed by atoms with Crippen molar-refractivity contribution in [3.8, 4) is 11.1 Å². The Morgan fingerprint density at radius 1 is 0.885 bits per heavy atom. The number of halogens is 4. The molecule has 0 nitrogen and oxygen atoms in total. The number of rotatable bonds is 4. The van der Waals surface area contributed by atoms with E-state index in [0.29, 0.717) is 0 Å². The van der Waals surface area contributed by atoms with E-state index >= 15 is 0 Å². The molecule has 0 N–H and O–H groups in total. The number of aryl methyl sites for hydroxylation is 1. The molecular formula is C22H24F4. The van der Waals surface area contributed by atoms with E-state index in [-0.39, 0.29) is 17.0 Å². The van der Waals surface area contributed by atoms with Gasteiger partial charge in [-0.05, 0) is 67.7 Å². The van der Waals surface area contributed by atoms with Crippen LogP contribution in [0.5, 0.6) is 0 Å². The Morgan fingerprint density at radius 3 is 2.19 bits per heavy atom. The molecule has 0 bridgehead atoms. The summed E-state index contributed by atoms with van der Waals surface area (Å²) >= 11 is 0. The smallest absolute Gasteiger partial charge is 0.169 e. The number of hydrogen-bond donors (Lipinski definition) is 0. The van der Waals surface area contributed by atoms with Gasteiger partial charge in [0.05, 0.1) is 5.56 Å². The summed E-state index contributed by atoms with van der Waals surface area (Å²) < 4.78 is 56.8. The van der Waals surface area contributed by atoms with Gasteiger partial charge < -0.3 is 0 Å². The summed E-state index contributed by atoms with van der Waals surface area (Å²) in [6, 6.07) is 5.35. The maximum Gasteiger partial charge on any atom is 0.169 e. The molecule has 0 aromatic heterocycles. The summed E-state index contributed by atoms with van der Waals surface area (Å²) in [5.74, 6) is -3.11. The highest BCUT2D eigenvalue weighted by Gasteiger charge is 2.24. The van der Waals surface area contributed by atoms with Crippen molar-refractivity contribution in [1.82, 2.24) is 0 Å². The van der Waals surface area contributed by atoms with Crippen LogP contribution in [-0.2, 0) is 0 Å². The molecule has 0 saturated heterocycles. The third-order valence-corrected chi connectivity index (χ3v) is 5.62. The van der Waals surface area contributed by atoms with Gasteiger partial charge >= 0.3 is 0 Å². The molecule has 1 saturated carbocycles. The van der Waals surface area contributed by atoms with E-state index < -0.39 is 28.8 Å². The van der Waals surface area contributed by atoms with Gasteiger partial charge in [-0.25, -0.2) is 17.6 Å². The topological polar surface area (TPSA) is 0 Å². The predicted molar refractivity (Wildman–Crippen MR) is 96.1 cm³/mol.